The molecule has 5 heterocycles. The molecule has 12 heteroatoms. The van der Waals surface area contributed by atoms with E-state index in [-0.39, 0.29) is 59.4 Å². The maximum absolute atomic E-state index is 16.8. The number of nitrogens with zero attached hydrogens (tertiary/aromatic N) is 5. The van der Waals surface area contributed by atoms with Crippen molar-refractivity contribution < 1.29 is 31.8 Å². The van der Waals surface area contributed by atoms with Crippen molar-refractivity contribution in [3.8, 4) is 23.0 Å². The number of alkyl halides is 3. The van der Waals surface area contributed by atoms with E-state index < -0.39 is 41.1 Å². The molecule has 1 saturated carbocycles. The van der Waals surface area contributed by atoms with Gasteiger partial charge >= 0.3 is 6.01 Å². The van der Waals surface area contributed by atoms with Gasteiger partial charge in [-0.2, -0.15) is 9.97 Å². The highest BCUT2D eigenvalue weighted by atomic mass is 19.3. The van der Waals surface area contributed by atoms with E-state index in [1.807, 2.05) is 6.92 Å². The summed E-state index contributed by atoms with van der Waals surface area (Å²) in [5.74, 6) is -5.75. The Labute approximate surface area is 262 Å². The van der Waals surface area contributed by atoms with E-state index in [4.69, 9.17) is 4.74 Å². The number of pyridine rings is 1. The Morgan fingerprint density at radius 1 is 1.00 bits per heavy atom. The van der Waals surface area contributed by atoms with Crippen molar-refractivity contribution >= 4 is 27.5 Å². The molecule has 0 radical (unpaired) electrons. The summed E-state index contributed by atoms with van der Waals surface area (Å²) in [5, 5.41) is 12.1. The molecule has 4 aliphatic rings. The molecule has 3 aliphatic heterocycles. The summed E-state index contributed by atoms with van der Waals surface area (Å²) >= 11 is 0. The quantitative estimate of drug-likeness (QED) is 0.232. The zero-order chi connectivity index (χ0) is 32.0. The first-order chi connectivity index (χ1) is 22.1. The van der Waals surface area contributed by atoms with Crippen LogP contribution in [0.4, 0.5) is 27.8 Å². The van der Waals surface area contributed by atoms with Gasteiger partial charge in [-0.1, -0.05) is 19.1 Å². The Balaban J connectivity index is 1.26. The van der Waals surface area contributed by atoms with E-state index in [2.05, 4.69) is 19.9 Å². The van der Waals surface area contributed by atoms with Crippen molar-refractivity contribution in [2.75, 3.05) is 37.7 Å². The molecule has 242 valence electrons. The molecule has 4 atom stereocenters. The Bertz CT molecular complexity index is 1860. The lowest BCUT2D eigenvalue weighted by Gasteiger charge is -2.38. The zero-order valence-electron chi connectivity index (χ0n) is 25.4. The summed E-state index contributed by atoms with van der Waals surface area (Å²) in [5.41, 5.74) is -0.321. The molecule has 4 aromatic rings. The fraction of sp³-hybridized carbons (Fsp3) is 0.500. The van der Waals surface area contributed by atoms with Gasteiger partial charge in [-0.05, 0) is 67.1 Å². The van der Waals surface area contributed by atoms with Crippen molar-refractivity contribution in [1.29, 1.82) is 0 Å². The molecule has 1 aliphatic carbocycles. The van der Waals surface area contributed by atoms with Gasteiger partial charge in [0.05, 0.1) is 16.5 Å². The Morgan fingerprint density at radius 2 is 1.76 bits per heavy atom. The summed E-state index contributed by atoms with van der Waals surface area (Å²) in [7, 11) is 0. The second-order valence-corrected chi connectivity index (χ2v) is 13.4. The number of hydrogen-bond donors (Lipinski definition) is 1. The smallest absolute Gasteiger partial charge is 0.319 e. The number of hydrogen-bond acceptors (Lipinski definition) is 7. The van der Waals surface area contributed by atoms with Crippen molar-refractivity contribution in [3.05, 3.63) is 47.7 Å². The van der Waals surface area contributed by atoms with E-state index in [1.165, 1.54) is 24.4 Å². The number of halogens is 5. The average Bonchev–Trinajstić information content (AvgIpc) is 3.56. The standard InChI is InChI=1S/C34H34F5N5O2/c1-2-21-22-7-9-26(45)27(23(22)6-8-25(21)36)30-28(37)29-24(13-40-30)31(43-14-18-4-5-19(15-43)34(18,38)39)42-32(41-29)46-17-33-10-3-11-44(33)16-20(35)12-33/h6-9,13,18-20,45H,2-5,10-12,14-17H2,1H3/t18?,19?,20-,33+/m1/s1. The molecular formula is C34H34F5N5O2. The second-order valence-electron chi connectivity index (χ2n) is 13.4. The van der Waals surface area contributed by atoms with Gasteiger partial charge in [-0.15, -0.1) is 0 Å². The molecular weight excluding hydrogens is 605 g/mol. The molecule has 4 fully saturated rings. The van der Waals surface area contributed by atoms with Gasteiger partial charge in [0, 0.05) is 44.1 Å². The molecule has 2 aromatic heterocycles. The highest BCUT2D eigenvalue weighted by Crippen LogP contribution is 2.50. The van der Waals surface area contributed by atoms with Gasteiger partial charge in [0.2, 0.25) is 0 Å². The second kappa shape index (κ2) is 10.6. The van der Waals surface area contributed by atoms with Crippen molar-refractivity contribution in [2.45, 2.75) is 63.1 Å². The number of phenolic OH excluding ortho intramolecular Hbond substituents is 1. The van der Waals surface area contributed by atoms with Crippen LogP contribution in [0.5, 0.6) is 11.8 Å². The van der Waals surface area contributed by atoms with Crippen molar-refractivity contribution in [1.82, 2.24) is 19.9 Å². The number of aromatic hydroxyl groups is 1. The molecule has 2 unspecified atom stereocenters. The van der Waals surface area contributed by atoms with Crippen LogP contribution in [0.2, 0.25) is 0 Å². The summed E-state index contributed by atoms with van der Waals surface area (Å²) in [6, 6.07) is 5.62. The van der Waals surface area contributed by atoms with E-state index in [0.29, 0.717) is 48.6 Å². The molecule has 2 bridgehead atoms. The minimum atomic E-state index is -2.78. The predicted octanol–water partition coefficient (Wildman–Crippen LogP) is 6.83. The minimum Gasteiger partial charge on any atom is -0.507 e. The average molecular weight is 640 g/mol. The van der Waals surface area contributed by atoms with Crippen molar-refractivity contribution in [3.63, 3.8) is 0 Å². The lowest BCUT2D eigenvalue weighted by atomic mass is 9.93. The summed E-state index contributed by atoms with van der Waals surface area (Å²) in [6.07, 6.45) is 3.57. The molecule has 46 heavy (non-hydrogen) atoms. The third-order valence-electron chi connectivity index (χ3n) is 10.8. The van der Waals surface area contributed by atoms with Crippen LogP contribution < -0.4 is 9.64 Å². The van der Waals surface area contributed by atoms with E-state index in [0.717, 1.165) is 19.4 Å². The van der Waals surface area contributed by atoms with Gasteiger partial charge in [0.15, 0.2) is 5.82 Å². The number of fused-ring (bicyclic) bond motifs is 5. The molecule has 8 rings (SSSR count). The molecule has 1 N–H and O–H groups in total. The highest BCUT2D eigenvalue weighted by Gasteiger charge is 2.56. The summed E-state index contributed by atoms with van der Waals surface area (Å²) < 4.78 is 81.8. The zero-order valence-corrected chi connectivity index (χ0v) is 25.4. The van der Waals surface area contributed by atoms with Crippen LogP contribution in [0.1, 0.15) is 44.6 Å². The maximum atomic E-state index is 16.8. The monoisotopic (exact) mass is 639 g/mol. The third-order valence-corrected chi connectivity index (χ3v) is 10.8. The van der Waals surface area contributed by atoms with Crippen LogP contribution in [-0.4, -0.2) is 75.4 Å². The van der Waals surface area contributed by atoms with E-state index in [9.17, 15) is 22.7 Å². The van der Waals surface area contributed by atoms with Gasteiger partial charge in [-0.25, -0.2) is 22.0 Å². The lowest BCUT2D eigenvalue weighted by Crippen LogP contribution is -2.49. The largest absolute Gasteiger partial charge is 0.507 e. The first kappa shape index (κ1) is 29.6. The molecule has 3 saturated heterocycles. The normalized spacial score (nSPS) is 27.2. The van der Waals surface area contributed by atoms with Crippen LogP contribution in [0, 0.1) is 23.5 Å². The van der Waals surface area contributed by atoms with Crippen LogP contribution in [0.3, 0.4) is 0 Å². The number of piperidine rings is 1. The number of rotatable bonds is 6. The molecule has 2 aromatic carbocycles. The Kier molecular flexibility index (Phi) is 6.83. The van der Waals surface area contributed by atoms with Gasteiger partial charge in [-0.3, -0.25) is 9.88 Å². The van der Waals surface area contributed by atoms with Crippen LogP contribution in [0.25, 0.3) is 32.9 Å². The maximum Gasteiger partial charge on any atom is 0.319 e. The summed E-state index contributed by atoms with van der Waals surface area (Å²) in [4.78, 5) is 17.4. The van der Waals surface area contributed by atoms with Gasteiger partial charge in [0.1, 0.15) is 41.4 Å². The Hall–Kier alpha value is -3.80. The SMILES string of the molecule is CCc1c(F)ccc2c(-c3ncc4c(N5CC6CCC(C5)C6(F)F)nc(OC[C@@]56CCCN5C[C@H](F)C6)nc4c3F)c(O)ccc12. The van der Waals surface area contributed by atoms with Gasteiger partial charge < -0.3 is 14.7 Å². The van der Waals surface area contributed by atoms with Gasteiger partial charge in [0.25, 0.3) is 5.92 Å². The highest BCUT2D eigenvalue weighted by molar-refractivity contribution is 6.02. The minimum absolute atomic E-state index is 0.0368. The number of benzene rings is 2. The Morgan fingerprint density at radius 3 is 2.52 bits per heavy atom. The number of aromatic nitrogens is 3. The van der Waals surface area contributed by atoms with Crippen LogP contribution in [-0.2, 0) is 6.42 Å². The van der Waals surface area contributed by atoms with E-state index in [1.54, 1.807) is 11.0 Å². The fourth-order valence-electron chi connectivity index (χ4n) is 8.51. The molecule has 7 nitrogen and oxygen atoms in total. The fourth-order valence-corrected chi connectivity index (χ4v) is 8.51. The topological polar surface area (TPSA) is 74.6 Å². The number of ether oxygens (including phenoxy) is 1. The predicted molar refractivity (Wildman–Crippen MR) is 163 cm³/mol. The summed E-state index contributed by atoms with van der Waals surface area (Å²) in [6.45, 7) is 3.09. The van der Waals surface area contributed by atoms with Crippen molar-refractivity contribution in [2.24, 2.45) is 11.8 Å². The number of anilines is 1. The first-order valence-corrected chi connectivity index (χ1v) is 16.0. The molecule has 0 spiro atoms. The number of phenols is 1. The molecule has 0 amide bonds. The van der Waals surface area contributed by atoms with E-state index >= 15 is 4.39 Å². The third kappa shape index (κ3) is 4.42. The lowest BCUT2D eigenvalue weighted by molar-refractivity contribution is -0.0830. The number of aryl methyl sites for hydroxylation is 1. The first-order valence-electron chi connectivity index (χ1n) is 16.0. The van der Waals surface area contributed by atoms with Crippen LogP contribution >= 0.6 is 0 Å². The van der Waals surface area contributed by atoms with Crippen LogP contribution in [0.15, 0.2) is 30.5 Å².